The van der Waals surface area contributed by atoms with Crippen LogP contribution in [0.3, 0.4) is 0 Å². The Morgan fingerprint density at radius 2 is 1.82 bits per heavy atom. The summed E-state index contributed by atoms with van der Waals surface area (Å²) >= 11 is 0. The smallest absolute Gasteiger partial charge is 0.381 e. The van der Waals surface area contributed by atoms with Gasteiger partial charge < -0.3 is 9.84 Å². The molecule has 6 atom stereocenters. The zero-order valence-electron chi connectivity index (χ0n) is 8.99. The van der Waals surface area contributed by atoms with Gasteiger partial charge in [-0.2, -0.15) is 13.2 Å². The second-order valence-electron chi connectivity index (χ2n) is 3.99. The van der Waals surface area contributed by atoms with Crippen molar-refractivity contribution in [2.24, 2.45) is 5.92 Å². The van der Waals surface area contributed by atoms with Crippen molar-refractivity contribution in [2.75, 3.05) is 0 Å². The van der Waals surface area contributed by atoms with Crippen LogP contribution in [0.1, 0.15) is 6.92 Å². The van der Waals surface area contributed by atoms with Gasteiger partial charge in [0.05, 0.1) is 6.10 Å². The van der Waals surface area contributed by atoms with Crippen LogP contribution >= 0.6 is 0 Å². The van der Waals surface area contributed by atoms with E-state index in [0.29, 0.717) is 0 Å². The molecule has 1 aliphatic heterocycles. The molecule has 1 heterocycles. The molecule has 6 unspecified atom stereocenters. The van der Waals surface area contributed by atoms with Crippen molar-refractivity contribution < 1.29 is 31.8 Å². The minimum absolute atomic E-state index is 0.876. The Bertz CT molecular complexity index is 278. The van der Waals surface area contributed by atoms with Crippen molar-refractivity contribution in [3.8, 4) is 0 Å². The highest BCUT2D eigenvalue weighted by Gasteiger charge is 2.57. The molecule has 7 heteroatoms. The lowest BCUT2D eigenvalue weighted by Crippen LogP contribution is -2.41. The summed E-state index contributed by atoms with van der Waals surface area (Å²) in [5.41, 5.74) is 0. The zero-order valence-corrected chi connectivity index (χ0v) is 8.99. The molecule has 1 fully saturated rings. The maximum atomic E-state index is 13.2. The van der Waals surface area contributed by atoms with Gasteiger partial charge in [-0.25, -0.2) is 8.78 Å². The van der Waals surface area contributed by atoms with Crippen LogP contribution in [0.25, 0.3) is 0 Å². The second kappa shape index (κ2) is 4.89. The maximum absolute atomic E-state index is 13.2. The van der Waals surface area contributed by atoms with Crippen LogP contribution < -0.4 is 0 Å². The van der Waals surface area contributed by atoms with Gasteiger partial charge in [0.25, 0.3) is 0 Å². The van der Waals surface area contributed by atoms with E-state index in [0.717, 1.165) is 0 Å². The third-order valence-electron chi connectivity index (χ3n) is 2.69. The predicted octanol–water partition coefficient (Wildman–Crippen LogP) is 2.18. The first-order valence-corrected chi connectivity index (χ1v) is 5.01. The molecule has 2 nitrogen and oxygen atoms in total. The van der Waals surface area contributed by atoms with E-state index in [-0.39, 0.29) is 0 Å². The van der Waals surface area contributed by atoms with Gasteiger partial charge in [-0.1, -0.05) is 6.08 Å². The molecular formula is C10H13F5O2. The Labute approximate surface area is 95.1 Å². The van der Waals surface area contributed by atoms with Crippen LogP contribution in [0.4, 0.5) is 22.0 Å². The fourth-order valence-electron chi connectivity index (χ4n) is 1.65. The summed E-state index contributed by atoms with van der Waals surface area (Å²) in [5.74, 6) is -0.876. The molecule has 0 amide bonds. The first kappa shape index (κ1) is 14.4. The summed E-state index contributed by atoms with van der Waals surface area (Å²) < 4.78 is 66.9. The molecule has 0 aliphatic carbocycles. The molecule has 1 saturated heterocycles. The molecule has 1 aliphatic rings. The lowest BCUT2D eigenvalue weighted by Gasteiger charge is -2.18. The molecule has 17 heavy (non-hydrogen) atoms. The van der Waals surface area contributed by atoms with E-state index < -0.39 is 42.7 Å². The molecule has 1 N–H and O–H groups in total. The molecule has 0 spiro atoms. The van der Waals surface area contributed by atoms with Gasteiger partial charge in [-0.05, 0) is 6.92 Å². The Hall–Kier alpha value is -0.690. The Morgan fingerprint density at radius 3 is 2.18 bits per heavy atom. The molecule has 0 aromatic rings. The Balaban J connectivity index is 2.59. The largest absolute Gasteiger partial charge is 0.417 e. The summed E-state index contributed by atoms with van der Waals surface area (Å²) in [6, 6.07) is 0. The summed E-state index contributed by atoms with van der Waals surface area (Å²) in [6.45, 7) is 4.48. The average molecular weight is 260 g/mol. The highest BCUT2D eigenvalue weighted by Crippen LogP contribution is 2.40. The van der Waals surface area contributed by atoms with Crippen LogP contribution in [0.15, 0.2) is 12.7 Å². The maximum Gasteiger partial charge on any atom is 0.417 e. The van der Waals surface area contributed by atoms with Crippen molar-refractivity contribution in [1.82, 2.24) is 0 Å². The normalized spacial score (nSPS) is 31.5. The van der Waals surface area contributed by atoms with Crippen LogP contribution in [0.5, 0.6) is 0 Å². The number of halogens is 5. The van der Waals surface area contributed by atoms with E-state index in [1.54, 1.807) is 0 Å². The van der Waals surface area contributed by atoms with E-state index in [1.807, 2.05) is 0 Å². The fraction of sp³-hybridized carbons (Fsp3) is 0.800. The number of aliphatic hydroxyl groups is 1. The molecule has 0 aromatic heterocycles. The van der Waals surface area contributed by atoms with Gasteiger partial charge in [-0.3, -0.25) is 0 Å². The topological polar surface area (TPSA) is 32.8 Å². The number of alkyl halides is 5. The minimum Gasteiger partial charge on any atom is -0.381 e. The summed E-state index contributed by atoms with van der Waals surface area (Å²) in [7, 11) is 0. The average Bonchev–Trinajstić information content (AvgIpc) is 2.94. The highest BCUT2D eigenvalue weighted by atomic mass is 19.4. The number of aliphatic hydroxyl groups excluding tert-OH is 1. The van der Waals surface area contributed by atoms with Gasteiger partial charge >= 0.3 is 6.18 Å². The summed E-state index contributed by atoms with van der Waals surface area (Å²) in [6.07, 6.45) is -13.5. The van der Waals surface area contributed by atoms with Crippen molar-refractivity contribution in [2.45, 2.75) is 43.8 Å². The standard InChI is InChI=1S/C10H13F5O2/c1-3-5(4(2)11)7-8(17-7)6(12)9(16)10(13,14)15/h3-9,16H,1H2,2H3. The highest BCUT2D eigenvalue weighted by molar-refractivity contribution is 5.05. The predicted molar refractivity (Wildman–Crippen MR) is 49.9 cm³/mol. The molecular weight excluding hydrogens is 247 g/mol. The van der Waals surface area contributed by atoms with E-state index in [1.165, 1.54) is 13.0 Å². The van der Waals surface area contributed by atoms with E-state index in [4.69, 9.17) is 5.11 Å². The van der Waals surface area contributed by atoms with Crippen molar-refractivity contribution in [3.63, 3.8) is 0 Å². The van der Waals surface area contributed by atoms with Crippen molar-refractivity contribution in [1.29, 1.82) is 0 Å². The first-order valence-electron chi connectivity index (χ1n) is 5.01. The quantitative estimate of drug-likeness (QED) is 0.467. The van der Waals surface area contributed by atoms with E-state index in [9.17, 15) is 22.0 Å². The number of epoxide rings is 1. The van der Waals surface area contributed by atoms with Gasteiger partial charge in [-0.15, -0.1) is 6.58 Å². The van der Waals surface area contributed by atoms with Crippen LogP contribution in [0, 0.1) is 5.92 Å². The van der Waals surface area contributed by atoms with E-state index in [2.05, 4.69) is 11.3 Å². The zero-order chi connectivity index (χ0) is 13.4. The van der Waals surface area contributed by atoms with Gasteiger partial charge in [0.15, 0.2) is 12.3 Å². The SMILES string of the molecule is C=CC(C(C)F)C1OC1C(F)C(O)C(F)(F)F. The summed E-state index contributed by atoms with van der Waals surface area (Å²) in [4.78, 5) is 0. The van der Waals surface area contributed by atoms with Crippen molar-refractivity contribution >= 4 is 0 Å². The van der Waals surface area contributed by atoms with Crippen LogP contribution in [-0.4, -0.2) is 41.9 Å². The number of hydrogen-bond acceptors (Lipinski definition) is 2. The lowest BCUT2D eigenvalue weighted by molar-refractivity contribution is -0.222. The first-order chi connectivity index (χ1) is 7.70. The number of rotatable bonds is 5. The molecule has 0 bridgehead atoms. The Kier molecular flexibility index (Phi) is 4.14. The van der Waals surface area contributed by atoms with Gasteiger partial charge in [0, 0.05) is 5.92 Å². The molecule has 0 aromatic carbocycles. The number of hydrogen-bond donors (Lipinski definition) is 1. The monoisotopic (exact) mass is 260 g/mol. The Morgan fingerprint density at radius 1 is 1.29 bits per heavy atom. The van der Waals surface area contributed by atoms with Crippen LogP contribution in [-0.2, 0) is 4.74 Å². The van der Waals surface area contributed by atoms with Crippen molar-refractivity contribution in [3.05, 3.63) is 12.7 Å². The lowest BCUT2D eigenvalue weighted by atomic mass is 9.96. The fourth-order valence-corrected chi connectivity index (χ4v) is 1.65. The third kappa shape index (κ3) is 3.16. The molecule has 0 saturated carbocycles. The molecule has 1 rings (SSSR count). The van der Waals surface area contributed by atoms with Crippen LogP contribution in [0.2, 0.25) is 0 Å². The summed E-state index contributed by atoms with van der Waals surface area (Å²) in [5, 5.41) is 8.68. The molecule has 0 radical (unpaired) electrons. The van der Waals surface area contributed by atoms with E-state index >= 15 is 0 Å². The minimum atomic E-state index is -5.05. The van der Waals surface area contributed by atoms with Gasteiger partial charge in [0.1, 0.15) is 12.3 Å². The second-order valence-corrected chi connectivity index (χ2v) is 3.99. The van der Waals surface area contributed by atoms with Gasteiger partial charge in [0.2, 0.25) is 0 Å². The third-order valence-corrected chi connectivity index (χ3v) is 2.69. The molecule has 100 valence electrons. The number of ether oxygens (including phenoxy) is 1.